The van der Waals surface area contributed by atoms with Crippen molar-refractivity contribution in [1.82, 2.24) is 30.0 Å². The first-order chi connectivity index (χ1) is 14.7. The predicted octanol–water partition coefficient (Wildman–Crippen LogP) is 3.12. The molecule has 3 N–H and O–H groups in total. The van der Waals surface area contributed by atoms with E-state index in [1.807, 2.05) is 25.1 Å². The van der Waals surface area contributed by atoms with Gasteiger partial charge >= 0.3 is 0 Å². The molecule has 9 heteroatoms. The number of pyridine rings is 1. The number of nitrogens with zero attached hydrogens (tertiary/aromatic N) is 6. The molecule has 0 aliphatic carbocycles. The lowest BCUT2D eigenvalue weighted by molar-refractivity contribution is 0.135. The van der Waals surface area contributed by atoms with E-state index in [1.165, 1.54) is 12.8 Å². The van der Waals surface area contributed by atoms with Crippen LogP contribution in [-0.2, 0) is 0 Å². The van der Waals surface area contributed by atoms with Crippen LogP contribution in [0.25, 0.3) is 11.0 Å². The molecule has 0 radical (unpaired) electrons. The van der Waals surface area contributed by atoms with E-state index in [0.717, 1.165) is 36.1 Å². The Balaban J connectivity index is 1.37. The van der Waals surface area contributed by atoms with Crippen molar-refractivity contribution in [2.45, 2.75) is 57.2 Å². The minimum atomic E-state index is 0.329. The maximum absolute atomic E-state index is 8.93. The van der Waals surface area contributed by atoms with Crippen molar-refractivity contribution < 1.29 is 0 Å². The Morgan fingerprint density at radius 2 is 2.10 bits per heavy atom. The number of nitriles is 1. The van der Waals surface area contributed by atoms with Gasteiger partial charge in [-0.3, -0.25) is 15.0 Å². The van der Waals surface area contributed by atoms with Crippen LogP contribution >= 0.6 is 0 Å². The van der Waals surface area contributed by atoms with Crippen molar-refractivity contribution in [1.29, 1.82) is 5.26 Å². The summed E-state index contributed by atoms with van der Waals surface area (Å²) in [5.74, 6) is 1.96. The molecule has 5 heterocycles. The topological polar surface area (TPSA) is 118 Å². The second-order valence-electron chi connectivity index (χ2n) is 8.17. The minimum Gasteiger partial charge on any atom is -0.351 e. The normalized spacial score (nSPS) is 23.4. The molecule has 2 saturated heterocycles. The van der Waals surface area contributed by atoms with Gasteiger partial charge in [-0.15, -0.1) is 0 Å². The number of hydrogen-bond acceptors (Lipinski definition) is 8. The Labute approximate surface area is 174 Å². The molecule has 3 atom stereocenters. The smallest absolute Gasteiger partial charge is 0.225 e. The highest BCUT2D eigenvalue weighted by Crippen LogP contribution is 2.36. The molecule has 9 nitrogen and oxygen atoms in total. The van der Waals surface area contributed by atoms with Crippen LogP contribution < -0.4 is 10.6 Å². The average Bonchev–Trinajstić information content (AvgIpc) is 3.25. The lowest BCUT2D eigenvalue weighted by Crippen LogP contribution is -2.47. The fourth-order valence-electron chi connectivity index (χ4n) is 4.84. The van der Waals surface area contributed by atoms with Crippen molar-refractivity contribution in [3.05, 3.63) is 30.1 Å². The summed E-state index contributed by atoms with van der Waals surface area (Å²) in [6, 6.07) is 9.46. The molecular formula is C21H25N9. The molecule has 3 aromatic heterocycles. The molecule has 5 rings (SSSR count). The number of aryl methyl sites for hydroxylation is 1. The summed E-state index contributed by atoms with van der Waals surface area (Å²) in [6.45, 7) is 2.84. The minimum absolute atomic E-state index is 0.329. The lowest BCUT2D eigenvalue weighted by atomic mass is 9.97. The summed E-state index contributed by atoms with van der Waals surface area (Å²) >= 11 is 0. The van der Waals surface area contributed by atoms with E-state index in [0.29, 0.717) is 42.1 Å². The van der Waals surface area contributed by atoms with Crippen molar-refractivity contribution in [3.8, 4) is 6.07 Å². The van der Waals surface area contributed by atoms with Crippen LogP contribution in [0.2, 0.25) is 0 Å². The van der Waals surface area contributed by atoms with Gasteiger partial charge in [0.05, 0.1) is 11.6 Å². The highest BCUT2D eigenvalue weighted by molar-refractivity contribution is 5.87. The van der Waals surface area contributed by atoms with Crippen molar-refractivity contribution >= 4 is 28.6 Å². The molecule has 0 amide bonds. The van der Waals surface area contributed by atoms with Crippen molar-refractivity contribution in [2.75, 3.05) is 17.2 Å². The number of nitrogens with one attached hydrogen (secondary N) is 3. The maximum atomic E-state index is 8.93. The van der Waals surface area contributed by atoms with E-state index in [-0.39, 0.29) is 0 Å². The maximum Gasteiger partial charge on any atom is 0.225 e. The zero-order valence-corrected chi connectivity index (χ0v) is 17.0. The first-order valence-corrected chi connectivity index (χ1v) is 10.5. The van der Waals surface area contributed by atoms with E-state index < -0.39 is 0 Å². The number of piperidine rings is 1. The van der Waals surface area contributed by atoms with Crippen LogP contribution in [0.3, 0.4) is 0 Å². The highest BCUT2D eigenvalue weighted by atomic mass is 15.3. The summed E-state index contributed by atoms with van der Waals surface area (Å²) < 4.78 is 0. The Kier molecular flexibility index (Phi) is 4.93. The number of anilines is 3. The fourth-order valence-corrected chi connectivity index (χ4v) is 4.84. The SMILES string of the molecule is Cc1cc(Nc2nc(NC3CC4CC[C@@H](C3)N4CCC#N)nc3cccnc23)n[nH]1. The summed E-state index contributed by atoms with van der Waals surface area (Å²) in [7, 11) is 0. The monoisotopic (exact) mass is 403 g/mol. The Bertz CT molecular complexity index is 1070. The highest BCUT2D eigenvalue weighted by Gasteiger charge is 2.40. The van der Waals surface area contributed by atoms with Gasteiger partial charge in [-0.25, -0.2) is 4.98 Å². The molecule has 0 saturated carbocycles. The second-order valence-corrected chi connectivity index (χ2v) is 8.17. The zero-order valence-electron chi connectivity index (χ0n) is 17.0. The standard InChI is InChI=1S/C21H25N9/c1-13-10-18(29-28-13)26-20-19-17(4-2-8-23-19)25-21(27-20)24-14-11-15-5-6-16(12-14)30(15)9-3-7-22/h2,4,8,10,14-16H,3,5-6,9,11-12H2,1H3,(H3,24,25,26,27,28,29)/t14?,15-,16?/m0/s1. The number of fused-ring (bicyclic) bond motifs is 3. The molecule has 2 unspecified atom stereocenters. The van der Waals surface area contributed by atoms with Crippen LogP contribution in [0.5, 0.6) is 0 Å². The van der Waals surface area contributed by atoms with Crippen LogP contribution in [-0.4, -0.2) is 54.7 Å². The average molecular weight is 403 g/mol. The number of rotatable bonds is 6. The Morgan fingerprint density at radius 1 is 1.27 bits per heavy atom. The molecule has 30 heavy (non-hydrogen) atoms. The summed E-state index contributed by atoms with van der Waals surface area (Å²) in [6.07, 6.45) is 6.88. The van der Waals surface area contributed by atoms with E-state index in [4.69, 9.17) is 15.2 Å². The van der Waals surface area contributed by atoms with Gasteiger partial charge in [0, 0.05) is 49.0 Å². The summed E-state index contributed by atoms with van der Waals surface area (Å²) in [5.41, 5.74) is 2.48. The summed E-state index contributed by atoms with van der Waals surface area (Å²) in [5, 5.41) is 23.0. The first-order valence-electron chi connectivity index (χ1n) is 10.5. The third-order valence-corrected chi connectivity index (χ3v) is 6.11. The second kappa shape index (κ2) is 7.88. The number of hydrogen-bond donors (Lipinski definition) is 3. The van der Waals surface area contributed by atoms with Gasteiger partial charge in [0.25, 0.3) is 0 Å². The molecule has 154 valence electrons. The molecule has 2 aliphatic rings. The van der Waals surface area contributed by atoms with Crippen LogP contribution in [0.15, 0.2) is 24.4 Å². The molecule has 0 spiro atoms. The fraction of sp³-hybridized carbons (Fsp3) is 0.476. The largest absolute Gasteiger partial charge is 0.351 e. The summed E-state index contributed by atoms with van der Waals surface area (Å²) in [4.78, 5) is 16.4. The van der Waals surface area contributed by atoms with Gasteiger partial charge in [0.1, 0.15) is 5.52 Å². The van der Waals surface area contributed by atoms with E-state index in [2.05, 4.69) is 36.8 Å². The first kappa shape index (κ1) is 18.8. The van der Waals surface area contributed by atoms with Gasteiger partial charge in [0.15, 0.2) is 11.6 Å². The third kappa shape index (κ3) is 3.66. The van der Waals surface area contributed by atoms with Crippen molar-refractivity contribution in [2.24, 2.45) is 0 Å². The predicted molar refractivity (Wildman–Crippen MR) is 114 cm³/mol. The van der Waals surface area contributed by atoms with Crippen LogP contribution in [0.4, 0.5) is 17.6 Å². The van der Waals surface area contributed by atoms with Gasteiger partial charge in [-0.1, -0.05) is 0 Å². The van der Waals surface area contributed by atoms with E-state index in [1.54, 1.807) is 6.20 Å². The molecule has 0 aromatic carbocycles. The molecular weight excluding hydrogens is 378 g/mol. The lowest BCUT2D eigenvalue weighted by Gasteiger charge is -2.38. The van der Waals surface area contributed by atoms with E-state index in [9.17, 15) is 0 Å². The Morgan fingerprint density at radius 3 is 2.83 bits per heavy atom. The Hall–Kier alpha value is -3.25. The quantitative estimate of drug-likeness (QED) is 0.574. The van der Waals surface area contributed by atoms with Gasteiger partial charge in [-0.2, -0.15) is 15.3 Å². The number of aromatic amines is 1. The van der Waals surface area contributed by atoms with Crippen LogP contribution in [0, 0.1) is 18.3 Å². The molecule has 2 fully saturated rings. The van der Waals surface area contributed by atoms with Crippen LogP contribution in [0.1, 0.15) is 37.8 Å². The number of aromatic nitrogens is 5. The molecule has 2 bridgehead atoms. The number of H-pyrrole nitrogens is 1. The third-order valence-electron chi connectivity index (χ3n) is 6.11. The van der Waals surface area contributed by atoms with E-state index >= 15 is 0 Å². The van der Waals surface area contributed by atoms with Gasteiger partial charge in [-0.05, 0) is 44.7 Å². The van der Waals surface area contributed by atoms with Crippen molar-refractivity contribution in [3.63, 3.8) is 0 Å². The molecule has 3 aromatic rings. The molecule has 2 aliphatic heterocycles. The zero-order chi connectivity index (χ0) is 20.5. The van der Waals surface area contributed by atoms with Gasteiger partial charge < -0.3 is 10.6 Å². The van der Waals surface area contributed by atoms with Gasteiger partial charge in [0.2, 0.25) is 5.95 Å².